The molecule has 3 amide bonds. The maximum atomic E-state index is 13.4. The topological polar surface area (TPSA) is 104 Å². The van der Waals surface area contributed by atoms with Crippen molar-refractivity contribution in [1.82, 2.24) is 20.5 Å². The Hall–Kier alpha value is -3.10. The van der Waals surface area contributed by atoms with Crippen molar-refractivity contribution in [3.63, 3.8) is 0 Å². The number of piperidine rings is 1. The van der Waals surface area contributed by atoms with E-state index in [-0.39, 0.29) is 18.3 Å². The summed E-state index contributed by atoms with van der Waals surface area (Å²) < 4.78 is 18.7. The molecule has 29 heavy (non-hydrogen) atoms. The van der Waals surface area contributed by atoms with Crippen LogP contribution in [0.2, 0.25) is 0 Å². The zero-order valence-corrected chi connectivity index (χ0v) is 16.6. The van der Waals surface area contributed by atoms with Crippen LogP contribution in [0.5, 0.6) is 0 Å². The number of halogens is 1. The number of aromatic nitrogens is 1. The molecule has 0 saturated carbocycles. The van der Waals surface area contributed by atoms with Crippen molar-refractivity contribution < 1.29 is 23.5 Å². The largest absolute Gasteiger partial charge is 0.444 e. The van der Waals surface area contributed by atoms with Gasteiger partial charge in [-0.05, 0) is 51.5 Å². The molecule has 0 radical (unpaired) electrons. The van der Waals surface area contributed by atoms with Gasteiger partial charge < -0.3 is 25.3 Å². The number of alkyl carbamates (subject to hydrolysis) is 1. The fourth-order valence-corrected chi connectivity index (χ4v) is 3.32. The molecular formula is C20H25FN4O4. The van der Waals surface area contributed by atoms with Gasteiger partial charge >= 0.3 is 6.09 Å². The van der Waals surface area contributed by atoms with E-state index in [0.717, 1.165) is 0 Å². The number of fused-ring (bicyclic) bond motifs is 1. The third-order valence-corrected chi connectivity index (χ3v) is 4.64. The average molecular weight is 404 g/mol. The van der Waals surface area contributed by atoms with Gasteiger partial charge in [0.05, 0.1) is 12.1 Å². The van der Waals surface area contributed by atoms with E-state index >= 15 is 0 Å². The van der Waals surface area contributed by atoms with Crippen LogP contribution in [-0.2, 0) is 9.53 Å². The van der Waals surface area contributed by atoms with Gasteiger partial charge in [0.15, 0.2) is 0 Å². The van der Waals surface area contributed by atoms with Crippen LogP contribution in [0.25, 0.3) is 10.9 Å². The summed E-state index contributed by atoms with van der Waals surface area (Å²) >= 11 is 0. The zero-order valence-electron chi connectivity index (χ0n) is 16.6. The molecule has 1 aromatic heterocycles. The molecule has 0 bridgehead atoms. The van der Waals surface area contributed by atoms with Crippen molar-refractivity contribution in [2.45, 2.75) is 44.9 Å². The van der Waals surface area contributed by atoms with E-state index in [1.165, 1.54) is 17.0 Å². The van der Waals surface area contributed by atoms with Crippen LogP contribution < -0.4 is 10.6 Å². The van der Waals surface area contributed by atoms with Crippen molar-refractivity contribution >= 4 is 29.3 Å². The highest BCUT2D eigenvalue weighted by atomic mass is 19.1. The first-order valence-electron chi connectivity index (χ1n) is 9.42. The lowest BCUT2D eigenvalue weighted by molar-refractivity contribution is -0.119. The lowest BCUT2D eigenvalue weighted by Gasteiger charge is -2.37. The summed E-state index contributed by atoms with van der Waals surface area (Å²) in [6.45, 7) is 5.97. The monoisotopic (exact) mass is 404 g/mol. The smallest absolute Gasteiger partial charge is 0.408 e. The number of aromatic amines is 1. The maximum absolute atomic E-state index is 13.4. The molecular weight excluding hydrogens is 379 g/mol. The SMILES string of the molecule is CC(C)(C)OC(=O)N[C@@H]1CN(C=O)CC[C@@H]1NC(=O)c1cc2cc(F)ccc2[nH]1. The normalized spacial score (nSPS) is 19.7. The van der Waals surface area contributed by atoms with Crippen LogP contribution in [0.15, 0.2) is 24.3 Å². The summed E-state index contributed by atoms with van der Waals surface area (Å²) in [5.74, 6) is -0.756. The summed E-state index contributed by atoms with van der Waals surface area (Å²) in [5.41, 5.74) is 0.275. The number of H-pyrrole nitrogens is 1. The molecule has 156 valence electrons. The molecule has 3 rings (SSSR count). The number of benzene rings is 1. The number of amides is 3. The molecule has 2 atom stereocenters. The number of hydrogen-bond acceptors (Lipinski definition) is 4. The Labute approximate surface area is 167 Å². The number of rotatable bonds is 4. The van der Waals surface area contributed by atoms with E-state index in [4.69, 9.17) is 4.74 Å². The van der Waals surface area contributed by atoms with Crippen LogP contribution in [-0.4, -0.2) is 59.1 Å². The molecule has 2 aromatic rings. The second-order valence-corrected chi connectivity index (χ2v) is 8.14. The summed E-state index contributed by atoms with van der Waals surface area (Å²) in [5, 5.41) is 6.23. The molecule has 3 N–H and O–H groups in total. The highest BCUT2D eigenvalue weighted by Gasteiger charge is 2.32. The Morgan fingerprint density at radius 1 is 1.24 bits per heavy atom. The van der Waals surface area contributed by atoms with Gasteiger partial charge in [0.2, 0.25) is 6.41 Å². The molecule has 1 aliphatic heterocycles. The number of carbonyl (C=O) groups excluding carboxylic acids is 3. The van der Waals surface area contributed by atoms with Crippen molar-refractivity contribution in [2.75, 3.05) is 13.1 Å². The summed E-state index contributed by atoms with van der Waals surface area (Å²) in [7, 11) is 0. The second kappa shape index (κ2) is 8.10. The summed E-state index contributed by atoms with van der Waals surface area (Å²) in [6, 6.07) is 4.90. The Bertz CT molecular complexity index is 921. The van der Waals surface area contributed by atoms with Crippen LogP contribution in [0.3, 0.4) is 0 Å². The highest BCUT2D eigenvalue weighted by Crippen LogP contribution is 2.18. The van der Waals surface area contributed by atoms with Gasteiger partial charge in [0, 0.05) is 24.0 Å². The van der Waals surface area contributed by atoms with E-state index < -0.39 is 23.8 Å². The molecule has 1 aromatic carbocycles. The fraction of sp³-hybridized carbons (Fsp3) is 0.450. The van der Waals surface area contributed by atoms with Gasteiger partial charge in [-0.1, -0.05) is 0 Å². The van der Waals surface area contributed by atoms with E-state index in [9.17, 15) is 18.8 Å². The van der Waals surface area contributed by atoms with Gasteiger partial charge in [-0.3, -0.25) is 9.59 Å². The molecule has 1 saturated heterocycles. The fourth-order valence-electron chi connectivity index (χ4n) is 3.32. The number of nitrogens with zero attached hydrogens (tertiary/aromatic N) is 1. The molecule has 1 fully saturated rings. The first-order chi connectivity index (χ1) is 13.6. The second-order valence-electron chi connectivity index (χ2n) is 8.14. The average Bonchev–Trinajstić information content (AvgIpc) is 3.04. The number of hydrogen-bond donors (Lipinski definition) is 3. The maximum Gasteiger partial charge on any atom is 0.408 e. The van der Waals surface area contributed by atoms with Gasteiger partial charge in [0.1, 0.15) is 17.1 Å². The summed E-state index contributed by atoms with van der Waals surface area (Å²) in [4.78, 5) is 40.5. The predicted molar refractivity (Wildman–Crippen MR) is 105 cm³/mol. The predicted octanol–water partition coefficient (Wildman–Crippen LogP) is 2.16. The minimum absolute atomic E-state index is 0.256. The Morgan fingerprint density at radius 2 is 2.00 bits per heavy atom. The van der Waals surface area contributed by atoms with Crippen LogP contribution in [0, 0.1) is 5.82 Å². The molecule has 0 unspecified atom stereocenters. The van der Waals surface area contributed by atoms with Crippen LogP contribution in [0.4, 0.5) is 9.18 Å². The number of likely N-dealkylation sites (tertiary alicyclic amines) is 1. The molecule has 1 aliphatic rings. The third-order valence-electron chi connectivity index (χ3n) is 4.64. The standard InChI is InChI=1S/C20H25FN4O4/c1-20(2,3)29-19(28)24-17-10-25(11-26)7-6-15(17)23-18(27)16-9-12-8-13(21)4-5-14(12)22-16/h4-5,8-9,11,15,17,22H,6-7,10H2,1-3H3,(H,23,27)(H,24,28)/t15-,17+/m0/s1. The number of carbonyl (C=O) groups is 3. The van der Waals surface area contributed by atoms with E-state index in [1.54, 1.807) is 32.9 Å². The molecule has 8 nitrogen and oxygen atoms in total. The first-order valence-corrected chi connectivity index (χ1v) is 9.42. The minimum Gasteiger partial charge on any atom is -0.444 e. The zero-order chi connectivity index (χ0) is 21.2. The summed E-state index contributed by atoms with van der Waals surface area (Å²) in [6.07, 6.45) is 0.573. The quantitative estimate of drug-likeness (QED) is 0.680. The van der Waals surface area contributed by atoms with Crippen molar-refractivity contribution in [2.24, 2.45) is 0 Å². The van der Waals surface area contributed by atoms with Crippen LogP contribution >= 0.6 is 0 Å². The van der Waals surface area contributed by atoms with Gasteiger partial charge in [-0.25, -0.2) is 9.18 Å². The molecule has 0 aliphatic carbocycles. The van der Waals surface area contributed by atoms with Gasteiger partial charge in [-0.2, -0.15) is 0 Å². The lowest BCUT2D eigenvalue weighted by atomic mass is 9.99. The van der Waals surface area contributed by atoms with Crippen molar-refractivity contribution in [3.05, 3.63) is 35.8 Å². The number of nitrogens with one attached hydrogen (secondary N) is 3. The minimum atomic E-state index is -0.665. The van der Waals surface area contributed by atoms with Crippen LogP contribution in [0.1, 0.15) is 37.7 Å². The lowest BCUT2D eigenvalue weighted by Crippen LogP contribution is -2.60. The van der Waals surface area contributed by atoms with Gasteiger partial charge in [0.25, 0.3) is 5.91 Å². The molecule has 9 heteroatoms. The van der Waals surface area contributed by atoms with Gasteiger partial charge in [-0.15, -0.1) is 0 Å². The first kappa shape index (κ1) is 20.6. The third kappa shape index (κ3) is 5.24. The van der Waals surface area contributed by atoms with Crippen molar-refractivity contribution in [1.29, 1.82) is 0 Å². The van der Waals surface area contributed by atoms with E-state index in [0.29, 0.717) is 36.0 Å². The Morgan fingerprint density at radius 3 is 2.69 bits per heavy atom. The Balaban J connectivity index is 1.72. The molecule has 0 spiro atoms. The van der Waals surface area contributed by atoms with E-state index in [2.05, 4.69) is 15.6 Å². The van der Waals surface area contributed by atoms with Crippen molar-refractivity contribution in [3.8, 4) is 0 Å². The van der Waals surface area contributed by atoms with E-state index in [1.807, 2.05) is 0 Å². The highest BCUT2D eigenvalue weighted by molar-refractivity contribution is 5.98. The number of ether oxygens (including phenoxy) is 1. The Kier molecular flexibility index (Phi) is 5.76. The molecule has 2 heterocycles.